The van der Waals surface area contributed by atoms with E-state index in [1.54, 1.807) is 0 Å². The molecule has 4 heteroatoms. The molecule has 0 spiro atoms. The minimum absolute atomic E-state index is 0.568. The number of ether oxygens (including phenoxy) is 2. The molecule has 3 rings (SSSR count). The second-order valence-corrected chi connectivity index (χ2v) is 7.33. The van der Waals surface area contributed by atoms with Gasteiger partial charge in [0.05, 0.1) is 5.69 Å². The van der Waals surface area contributed by atoms with Crippen LogP contribution in [-0.2, 0) is 0 Å². The van der Waals surface area contributed by atoms with Crippen LogP contribution in [0.25, 0.3) is 0 Å². The topological polar surface area (TPSA) is 30.5 Å². The smallest absolute Gasteiger partial charge is 0.163 e. The van der Waals surface area contributed by atoms with Gasteiger partial charge < -0.3 is 14.8 Å². The zero-order chi connectivity index (χ0) is 14.8. The first-order chi connectivity index (χ1) is 10.1. The first kappa shape index (κ1) is 15.0. The van der Waals surface area contributed by atoms with E-state index in [4.69, 9.17) is 9.47 Å². The Labute approximate surface area is 135 Å². The van der Waals surface area contributed by atoms with E-state index in [9.17, 15) is 0 Å². The SMILES string of the molecule is CC(C)C1CCC(Nc2cc3c(cc2Br)OCCO3)CC1. The van der Waals surface area contributed by atoms with E-state index >= 15 is 0 Å². The number of benzene rings is 1. The molecule has 0 unspecified atom stereocenters. The van der Waals surface area contributed by atoms with E-state index < -0.39 is 0 Å². The Morgan fingerprint density at radius 1 is 1.05 bits per heavy atom. The molecule has 0 atom stereocenters. The number of halogens is 1. The van der Waals surface area contributed by atoms with Crippen LogP contribution in [0.15, 0.2) is 16.6 Å². The number of rotatable bonds is 3. The van der Waals surface area contributed by atoms with Gasteiger partial charge in [-0.2, -0.15) is 0 Å². The quantitative estimate of drug-likeness (QED) is 0.842. The predicted molar refractivity (Wildman–Crippen MR) is 89.3 cm³/mol. The summed E-state index contributed by atoms with van der Waals surface area (Å²) in [6.07, 6.45) is 5.17. The molecule has 1 aliphatic heterocycles. The summed E-state index contributed by atoms with van der Waals surface area (Å²) in [6, 6.07) is 4.64. The molecule has 1 heterocycles. The van der Waals surface area contributed by atoms with Crippen LogP contribution in [0.3, 0.4) is 0 Å². The highest BCUT2D eigenvalue weighted by Crippen LogP contribution is 2.39. The van der Waals surface area contributed by atoms with Crippen LogP contribution in [0.2, 0.25) is 0 Å². The van der Waals surface area contributed by atoms with Gasteiger partial charge in [0, 0.05) is 22.6 Å². The first-order valence-corrected chi connectivity index (χ1v) is 8.78. The second kappa shape index (κ2) is 6.47. The molecule has 3 nitrogen and oxygen atoms in total. The fourth-order valence-electron chi connectivity index (χ4n) is 3.32. The number of hydrogen-bond acceptors (Lipinski definition) is 3. The van der Waals surface area contributed by atoms with E-state index in [1.165, 1.54) is 25.7 Å². The van der Waals surface area contributed by atoms with Crippen molar-refractivity contribution in [1.29, 1.82) is 0 Å². The number of nitrogens with one attached hydrogen (secondary N) is 1. The van der Waals surface area contributed by atoms with Gasteiger partial charge >= 0.3 is 0 Å². The summed E-state index contributed by atoms with van der Waals surface area (Å²) in [4.78, 5) is 0. The lowest BCUT2D eigenvalue weighted by Crippen LogP contribution is -2.28. The summed E-state index contributed by atoms with van der Waals surface area (Å²) in [5.74, 6) is 3.39. The lowest BCUT2D eigenvalue weighted by Gasteiger charge is -2.32. The Morgan fingerprint density at radius 2 is 1.67 bits per heavy atom. The van der Waals surface area contributed by atoms with Crippen molar-refractivity contribution in [3.63, 3.8) is 0 Å². The van der Waals surface area contributed by atoms with Crippen LogP contribution in [0, 0.1) is 11.8 Å². The third-order valence-corrected chi connectivity index (χ3v) is 5.36. The normalized spacial score (nSPS) is 25.0. The van der Waals surface area contributed by atoms with Crippen LogP contribution < -0.4 is 14.8 Å². The Balaban J connectivity index is 1.65. The van der Waals surface area contributed by atoms with Gasteiger partial charge in [-0.1, -0.05) is 13.8 Å². The van der Waals surface area contributed by atoms with E-state index in [2.05, 4.69) is 41.2 Å². The van der Waals surface area contributed by atoms with Gasteiger partial charge in [0.1, 0.15) is 13.2 Å². The summed E-state index contributed by atoms with van der Waals surface area (Å²) in [6.45, 7) is 5.95. The van der Waals surface area contributed by atoms with Crippen LogP contribution in [0.4, 0.5) is 5.69 Å². The Bertz CT molecular complexity index is 496. The summed E-state index contributed by atoms with van der Waals surface area (Å²) in [7, 11) is 0. The zero-order valence-corrected chi connectivity index (χ0v) is 14.4. The minimum atomic E-state index is 0.568. The molecular formula is C17H24BrNO2. The number of anilines is 1. The Kier molecular flexibility index (Phi) is 4.63. The maximum atomic E-state index is 5.67. The molecule has 116 valence electrons. The van der Waals surface area contributed by atoms with Crippen LogP contribution in [-0.4, -0.2) is 19.3 Å². The highest BCUT2D eigenvalue weighted by Gasteiger charge is 2.24. The molecule has 2 aliphatic rings. The van der Waals surface area contributed by atoms with Crippen LogP contribution >= 0.6 is 15.9 Å². The van der Waals surface area contributed by atoms with Gasteiger partial charge in [-0.05, 0) is 53.4 Å². The summed E-state index contributed by atoms with van der Waals surface area (Å²) >= 11 is 3.64. The molecule has 1 saturated carbocycles. The molecule has 1 fully saturated rings. The first-order valence-electron chi connectivity index (χ1n) is 7.99. The van der Waals surface area contributed by atoms with E-state index in [0.29, 0.717) is 19.3 Å². The van der Waals surface area contributed by atoms with Gasteiger partial charge in [-0.15, -0.1) is 0 Å². The van der Waals surface area contributed by atoms with Gasteiger partial charge in [-0.25, -0.2) is 0 Å². The molecule has 0 bridgehead atoms. The molecule has 0 saturated heterocycles. The minimum Gasteiger partial charge on any atom is -0.486 e. The van der Waals surface area contributed by atoms with Gasteiger partial charge in [0.25, 0.3) is 0 Å². The van der Waals surface area contributed by atoms with Crippen LogP contribution in [0.5, 0.6) is 11.5 Å². The number of hydrogen-bond donors (Lipinski definition) is 1. The van der Waals surface area contributed by atoms with Crippen molar-refractivity contribution in [3.8, 4) is 11.5 Å². The summed E-state index contributed by atoms with van der Waals surface area (Å²) in [5, 5.41) is 3.68. The Morgan fingerprint density at radius 3 is 2.29 bits per heavy atom. The van der Waals surface area contributed by atoms with Gasteiger partial charge in [0.2, 0.25) is 0 Å². The van der Waals surface area contributed by atoms with Crippen molar-refractivity contribution in [2.45, 2.75) is 45.6 Å². The van der Waals surface area contributed by atoms with Crippen molar-refractivity contribution >= 4 is 21.6 Å². The Hall–Kier alpha value is -0.900. The van der Waals surface area contributed by atoms with Crippen LogP contribution in [0.1, 0.15) is 39.5 Å². The van der Waals surface area contributed by atoms with E-state index in [0.717, 1.165) is 33.5 Å². The largest absolute Gasteiger partial charge is 0.486 e. The highest BCUT2D eigenvalue weighted by atomic mass is 79.9. The maximum absolute atomic E-state index is 5.67. The lowest BCUT2D eigenvalue weighted by atomic mass is 9.79. The number of fused-ring (bicyclic) bond motifs is 1. The average molecular weight is 354 g/mol. The third kappa shape index (κ3) is 3.47. The van der Waals surface area contributed by atoms with Crippen molar-refractivity contribution in [3.05, 3.63) is 16.6 Å². The third-order valence-electron chi connectivity index (χ3n) is 4.71. The fraction of sp³-hybridized carbons (Fsp3) is 0.647. The fourth-order valence-corrected chi connectivity index (χ4v) is 3.76. The lowest BCUT2D eigenvalue weighted by molar-refractivity contribution is 0.171. The molecule has 0 radical (unpaired) electrons. The predicted octanol–water partition coefficient (Wildman–Crippen LogP) is 4.85. The molecule has 1 aliphatic carbocycles. The van der Waals surface area contributed by atoms with E-state index in [-0.39, 0.29) is 0 Å². The standard InChI is InChI=1S/C17H24BrNO2/c1-11(2)12-3-5-13(6-4-12)19-15-10-17-16(9-14(15)18)20-7-8-21-17/h9-13,19H,3-8H2,1-2H3. The monoisotopic (exact) mass is 353 g/mol. The molecule has 0 aromatic heterocycles. The van der Waals surface area contributed by atoms with Gasteiger partial charge in [-0.3, -0.25) is 0 Å². The van der Waals surface area contributed by atoms with Crippen molar-refractivity contribution < 1.29 is 9.47 Å². The molecule has 0 amide bonds. The summed E-state index contributed by atoms with van der Waals surface area (Å²) in [5.41, 5.74) is 1.12. The van der Waals surface area contributed by atoms with Gasteiger partial charge in [0.15, 0.2) is 11.5 Å². The molecule has 1 aromatic rings. The average Bonchev–Trinajstić information content (AvgIpc) is 2.48. The second-order valence-electron chi connectivity index (χ2n) is 6.48. The summed E-state index contributed by atoms with van der Waals surface area (Å²) < 4.78 is 12.3. The molecule has 21 heavy (non-hydrogen) atoms. The highest BCUT2D eigenvalue weighted by molar-refractivity contribution is 9.10. The van der Waals surface area contributed by atoms with E-state index in [1.807, 2.05) is 6.07 Å². The van der Waals surface area contributed by atoms with Crippen molar-refractivity contribution in [2.75, 3.05) is 18.5 Å². The molecule has 1 aromatic carbocycles. The maximum Gasteiger partial charge on any atom is 0.163 e. The molecular weight excluding hydrogens is 330 g/mol. The van der Waals surface area contributed by atoms with Crippen molar-refractivity contribution in [1.82, 2.24) is 0 Å². The zero-order valence-electron chi connectivity index (χ0n) is 12.8. The van der Waals surface area contributed by atoms with Crippen molar-refractivity contribution in [2.24, 2.45) is 11.8 Å². The molecule has 1 N–H and O–H groups in total.